The lowest BCUT2D eigenvalue weighted by Gasteiger charge is -2.11. The van der Waals surface area contributed by atoms with E-state index >= 15 is 0 Å². The summed E-state index contributed by atoms with van der Waals surface area (Å²) in [6.45, 7) is 2.35. The molecule has 0 atom stereocenters. The lowest BCUT2D eigenvalue weighted by Crippen LogP contribution is -2.12. The summed E-state index contributed by atoms with van der Waals surface area (Å²) in [5, 5.41) is 0. The molecule has 2 aliphatic rings. The molecule has 2 heterocycles. The maximum Gasteiger partial charge on any atom is 0.182 e. The zero-order valence-electron chi connectivity index (χ0n) is 14.3. The second kappa shape index (κ2) is 6.89. The fourth-order valence-electron chi connectivity index (χ4n) is 3.16. The second-order valence-electron chi connectivity index (χ2n) is 6.25. The van der Waals surface area contributed by atoms with Gasteiger partial charge in [-0.05, 0) is 36.8 Å². The first kappa shape index (κ1) is 16.7. The summed E-state index contributed by atoms with van der Waals surface area (Å²) in [6, 6.07) is 21.5. The van der Waals surface area contributed by atoms with Gasteiger partial charge in [-0.1, -0.05) is 58.4 Å². The third-order valence-corrected chi connectivity index (χ3v) is 5.07. The minimum atomic E-state index is 0.0777. The highest BCUT2D eigenvalue weighted by molar-refractivity contribution is 9.10. The zero-order chi connectivity index (χ0) is 18.1. The van der Waals surface area contributed by atoms with Crippen molar-refractivity contribution in [2.24, 2.45) is 0 Å². The van der Waals surface area contributed by atoms with E-state index in [-0.39, 0.29) is 12.3 Å². The number of pyridine rings is 1. The minimum absolute atomic E-state index is 0.0777. The zero-order valence-corrected chi connectivity index (χ0v) is 15.9. The van der Waals surface area contributed by atoms with Crippen molar-refractivity contribution >= 4 is 21.7 Å². The van der Waals surface area contributed by atoms with Gasteiger partial charge in [-0.2, -0.15) is 0 Å². The van der Waals surface area contributed by atoms with Crippen molar-refractivity contribution < 1.29 is 4.79 Å². The molecule has 26 heavy (non-hydrogen) atoms. The van der Waals surface area contributed by atoms with Crippen molar-refractivity contribution in [3.63, 3.8) is 0 Å². The summed E-state index contributed by atoms with van der Waals surface area (Å²) in [5.41, 5.74) is 4.95. The van der Waals surface area contributed by atoms with E-state index < -0.39 is 0 Å². The predicted octanol–water partition coefficient (Wildman–Crippen LogP) is 5.61. The third-order valence-electron chi connectivity index (χ3n) is 4.55. The normalized spacial score (nSPS) is 11.0. The summed E-state index contributed by atoms with van der Waals surface area (Å²) < 4.78 is 2.97. The minimum Gasteiger partial charge on any atom is -0.325 e. The fraction of sp³-hybridized carbons (Fsp3) is 0.0909. The average Bonchev–Trinajstić information content (AvgIpc) is 3.01. The maximum atomic E-state index is 12.6. The molecule has 2 aromatic rings. The Labute approximate surface area is 160 Å². The van der Waals surface area contributed by atoms with Crippen LogP contribution >= 0.6 is 15.9 Å². The number of carbonyl (C=O) groups is 1. The molecule has 128 valence electrons. The number of carbonyl (C=O) groups excluding carboxylic acids is 1. The van der Waals surface area contributed by atoms with E-state index in [9.17, 15) is 4.79 Å². The molecule has 0 fully saturated rings. The molecule has 2 aliphatic heterocycles. The third kappa shape index (κ3) is 3.08. The quantitative estimate of drug-likeness (QED) is 0.414. The Morgan fingerprint density at radius 2 is 1.73 bits per heavy atom. The second-order valence-corrected chi connectivity index (χ2v) is 7.17. The predicted molar refractivity (Wildman–Crippen MR) is 107 cm³/mol. The van der Waals surface area contributed by atoms with Crippen molar-refractivity contribution in [3.05, 3.63) is 88.5 Å². The largest absolute Gasteiger partial charge is 0.325 e. The van der Waals surface area contributed by atoms with E-state index in [4.69, 9.17) is 4.98 Å². The number of hydrogen-bond acceptors (Lipinski definition) is 2. The molecule has 0 N–H and O–H groups in total. The van der Waals surface area contributed by atoms with Crippen LogP contribution in [0.5, 0.6) is 0 Å². The lowest BCUT2D eigenvalue weighted by atomic mass is 10.1. The van der Waals surface area contributed by atoms with Crippen molar-refractivity contribution in [1.29, 1.82) is 0 Å². The van der Waals surface area contributed by atoms with Gasteiger partial charge in [0.25, 0.3) is 0 Å². The molecular formula is C22H17BrN2O. The van der Waals surface area contributed by atoms with Crippen molar-refractivity contribution in [2.45, 2.75) is 13.5 Å². The molecule has 0 saturated heterocycles. The number of fused-ring (bicyclic) bond motifs is 1. The summed E-state index contributed by atoms with van der Waals surface area (Å²) >= 11 is 3.47. The first-order chi connectivity index (χ1) is 12.6. The Bertz CT molecular complexity index is 1040. The SMILES string of the molecule is Cc1c2cccn(CC(=O)c3ccccc3)c-2nc1-c1ccc(Br)cc1. The number of aromatic nitrogens is 2. The van der Waals surface area contributed by atoms with Crippen LogP contribution in [0.2, 0.25) is 0 Å². The van der Waals surface area contributed by atoms with Crippen molar-refractivity contribution in [2.75, 3.05) is 0 Å². The molecule has 0 unspecified atom stereocenters. The van der Waals surface area contributed by atoms with Gasteiger partial charge in [0.1, 0.15) is 5.82 Å². The summed E-state index contributed by atoms with van der Waals surface area (Å²) in [4.78, 5) is 17.5. The van der Waals surface area contributed by atoms with E-state index in [2.05, 4.69) is 41.1 Å². The van der Waals surface area contributed by atoms with Crippen LogP contribution in [0.25, 0.3) is 22.6 Å². The van der Waals surface area contributed by atoms with Crippen LogP contribution < -0.4 is 0 Å². The Morgan fingerprint density at radius 1 is 1.00 bits per heavy atom. The van der Waals surface area contributed by atoms with Gasteiger partial charge in [-0.3, -0.25) is 4.79 Å². The molecule has 4 heteroatoms. The number of nitrogens with zero attached hydrogens (tertiary/aromatic N) is 2. The van der Waals surface area contributed by atoms with E-state index in [1.54, 1.807) is 0 Å². The Kier molecular flexibility index (Phi) is 4.43. The lowest BCUT2D eigenvalue weighted by molar-refractivity contribution is 0.0972. The molecule has 3 nitrogen and oxygen atoms in total. The summed E-state index contributed by atoms with van der Waals surface area (Å²) in [6.07, 6.45) is 1.92. The molecule has 0 saturated carbocycles. The maximum absolute atomic E-state index is 12.6. The van der Waals surface area contributed by atoms with E-state index in [1.807, 2.05) is 59.3 Å². The molecule has 0 bridgehead atoms. The number of halogens is 1. The number of benzene rings is 2. The molecule has 0 radical (unpaired) electrons. The Morgan fingerprint density at radius 3 is 2.46 bits per heavy atom. The molecule has 4 rings (SSSR count). The summed E-state index contributed by atoms with van der Waals surface area (Å²) in [5.74, 6) is 0.918. The Balaban J connectivity index is 1.74. The molecule has 0 spiro atoms. The van der Waals surface area contributed by atoms with Gasteiger partial charge >= 0.3 is 0 Å². The van der Waals surface area contributed by atoms with Crippen LogP contribution in [0.3, 0.4) is 0 Å². The number of Topliss-reactive ketones (excluding diaryl/α,β-unsaturated/α-hetero) is 1. The van der Waals surface area contributed by atoms with Crippen LogP contribution in [0.4, 0.5) is 0 Å². The number of rotatable bonds is 4. The first-order valence-electron chi connectivity index (χ1n) is 8.43. The molecule has 0 aromatic heterocycles. The monoisotopic (exact) mass is 404 g/mol. The van der Waals surface area contributed by atoms with Crippen LogP contribution in [-0.2, 0) is 6.54 Å². The van der Waals surface area contributed by atoms with E-state index in [1.165, 1.54) is 0 Å². The highest BCUT2D eigenvalue weighted by Gasteiger charge is 2.19. The highest BCUT2D eigenvalue weighted by Crippen LogP contribution is 2.34. The highest BCUT2D eigenvalue weighted by atomic mass is 79.9. The summed E-state index contributed by atoms with van der Waals surface area (Å²) in [7, 11) is 0. The molecule has 0 aliphatic carbocycles. The van der Waals surface area contributed by atoms with Gasteiger partial charge < -0.3 is 4.57 Å². The number of hydrogen-bond donors (Lipinski definition) is 0. The van der Waals surface area contributed by atoms with Gasteiger partial charge in [0.2, 0.25) is 0 Å². The van der Waals surface area contributed by atoms with Gasteiger partial charge in [0.05, 0.1) is 12.2 Å². The van der Waals surface area contributed by atoms with Crippen LogP contribution in [0.1, 0.15) is 15.9 Å². The van der Waals surface area contributed by atoms with Gasteiger partial charge in [-0.25, -0.2) is 4.98 Å². The van der Waals surface area contributed by atoms with Gasteiger partial charge in [0.15, 0.2) is 5.78 Å². The van der Waals surface area contributed by atoms with E-state index in [0.29, 0.717) is 5.56 Å². The van der Waals surface area contributed by atoms with Gasteiger partial charge in [0, 0.05) is 27.4 Å². The first-order valence-corrected chi connectivity index (χ1v) is 9.22. The van der Waals surface area contributed by atoms with Crippen LogP contribution in [0, 0.1) is 6.92 Å². The molecule has 2 aromatic carbocycles. The fourth-order valence-corrected chi connectivity index (χ4v) is 3.43. The van der Waals surface area contributed by atoms with Crippen LogP contribution in [-0.4, -0.2) is 15.3 Å². The van der Waals surface area contributed by atoms with Crippen LogP contribution in [0.15, 0.2) is 77.4 Å². The van der Waals surface area contributed by atoms with Crippen molar-refractivity contribution in [3.8, 4) is 22.6 Å². The van der Waals surface area contributed by atoms with E-state index in [0.717, 1.165) is 32.7 Å². The smallest absolute Gasteiger partial charge is 0.182 e. The Hall–Kier alpha value is -2.72. The molecular weight excluding hydrogens is 388 g/mol. The number of ketones is 1. The van der Waals surface area contributed by atoms with Gasteiger partial charge in [-0.15, -0.1) is 0 Å². The molecule has 0 amide bonds. The standard InChI is InChI=1S/C22H17BrN2O/c1-15-19-8-5-13-25(14-20(26)16-6-3-2-4-7-16)22(19)24-21(15)17-9-11-18(23)12-10-17/h2-13H,14H2,1H3. The average molecular weight is 405 g/mol. The van der Waals surface area contributed by atoms with Crippen molar-refractivity contribution in [1.82, 2.24) is 9.55 Å². The topological polar surface area (TPSA) is 34.9 Å².